The molecular weight excluding hydrogens is 365 g/mol. The molecule has 0 spiro atoms. The molecule has 0 aromatic heterocycles. The minimum Gasteiger partial charge on any atom is -0.497 e. The lowest BCUT2D eigenvalue weighted by Gasteiger charge is -2.07. The number of carbonyl (C=O) groups is 2. The Bertz CT molecular complexity index is 788. The van der Waals surface area contributed by atoms with Gasteiger partial charge in [0.25, 0.3) is 5.91 Å². The van der Waals surface area contributed by atoms with Gasteiger partial charge in [-0.1, -0.05) is 35.3 Å². The van der Waals surface area contributed by atoms with Gasteiger partial charge < -0.3 is 14.8 Å². The summed E-state index contributed by atoms with van der Waals surface area (Å²) >= 11 is 11.8. The predicted octanol–water partition coefficient (Wildman–Crippen LogP) is 4.20. The second kappa shape index (κ2) is 9.11. The summed E-state index contributed by atoms with van der Waals surface area (Å²) in [5, 5.41) is 3.29. The van der Waals surface area contributed by atoms with Crippen LogP contribution in [0.1, 0.15) is 5.56 Å². The van der Waals surface area contributed by atoms with Crippen LogP contribution in [0.4, 0.5) is 5.69 Å². The SMILES string of the molecule is COc1ccc(/C=C/C(=O)OCC(=O)Nc2cc(Cl)ccc2Cl)cc1. The Morgan fingerprint density at radius 3 is 2.52 bits per heavy atom. The van der Waals surface area contributed by atoms with E-state index in [2.05, 4.69) is 5.32 Å². The maximum Gasteiger partial charge on any atom is 0.331 e. The van der Waals surface area contributed by atoms with Crippen LogP contribution in [0, 0.1) is 0 Å². The van der Waals surface area contributed by atoms with Crippen molar-refractivity contribution < 1.29 is 19.1 Å². The topological polar surface area (TPSA) is 64.6 Å². The molecule has 7 heteroatoms. The van der Waals surface area contributed by atoms with E-state index in [0.717, 1.165) is 11.3 Å². The molecule has 5 nitrogen and oxygen atoms in total. The van der Waals surface area contributed by atoms with Crippen LogP contribution in [0.2, 0.25) is 10.0 Å². The van der Waals surface area contributed by atoms with Gasteiger partial charge in [0.15, 0.2) is 6.61 Å². The van der Waals surface area contributed by atoms with Gasteiger partial charge in [-0.25, -0.2) is 4.79 Å². The van der Waals surface area contributed by atoms with Gasteiger partial charge in [-0.15, -0.1) is 0 Å². The Morgan fingerprint density at radius 2 is 1.84 bits per heavy atom. The van der Waals surface area contributed by atoms with E-state index in [0.29, 0.717) is 15.7 Å². The normalized spacial score (nSPS) is 10.5. The van der Waals surface area contributed by atoms with E-state index in [1.165, 1.54) is 12.1 Å². The summed E-state index contributed by atoms with van der Waals surface area (Å²) in [4.78, 5) is 23.5. The van der Waals surface area contributed by atoms with E-state index in [1.54, 1.807) is 49.6 Å². The molecular formula is C18H15Cl2NO4. The van der Waals surface area contributed by atoms with Crippen LogP contribution in [0.25, 0.3) is 6.08 Å². The second-order valence-corrected chi connectivity index (χ2v) is 5.73. The third-order valence-electron chi connectivity index (χ3n) is 3.08. The monoisotopic (exact) mass is 379 g/mol. The summed E-state index contributed by atoms with van der Waals surface area (Å²) in [6.45, 7) is -0.436. The zero-order chi connectivity index (χ0) is 18.2. The quantitative estimate of drug-likeness (QED) is 0.603. The largest absolute Gasteiger partial charge is 0.497 e. The number of ether oxygens (including phenoxy) is 2. The van der Waals surface area contributed by atoms with Gasteiger partial charge in [-0.2, -0.15) is 0 Å². The van der Waals surface area contributed by atoms with Gasteiger partial charge in [0, 0.05) is 11.1 Å². The van der Waals surface area contributed by atoms with Crippen LogP contribution in [0.15, 0.2) is 48.5 Å². The molecule has 2 rings (SSSR count). The standard InChI is InChI=1S/C18H15Cl2NO4/c1-24-14-6-2-12(3-7-14)4-9-18(23)25-11-17(22)21-16-10-13(19)5-8-15(16)20/h2-10H,11H2,1H3,(H,21,22)/b9-4+. The first kappa shape index (κ1) is 18.8. The van der Waals surface area contributed by atoms with Crippen LogP contribution >= 0.6 is 23.2 Å². The molecule has 2 aromatic rings. The fourth-order valence-electron chi connectivity index (χ4n) is 1.84. The first-order valence-electron chi connectivity index (χ1n) is 7.22. The van der Waals surface area contributed by atoms with Crippen molar-refractivity contribution in [2.24, 2.45) is 0 Å². The Morgan fingerprint density at radius 1 is 1.12 bits per heavy atom. The maximum absolute atomic E-state index is 11.8. The number of rotatable bonds is 6. The van der Waals surface area contributed by atoms with Crippen LogP contribution in [0.3, 0.4) is 0 Å². The third kappa shape index (κ3) is 6.14. The van der Waals surface area contributed by atoms with Crippen molar-refractivity contribution in [3.8, 4) is 5.75 Å². The van der Waals surface area contributed by atoms with Crippen LogP contribution < -0.4 is 10.1 Å². The van der Waals surface area contributed by atoms with Gasteiger partial charge in [-0.3, -0.25) is 4.79 Å². The summed E-state index contributed by atoms with van der Waals surface area (Å²) < 4.78 is 9.92. The van der Waals surface area contributed by atoms with Crippen molar-refractivity contribution in [1.82, 2.24) is 0 Å². The molecule has 0 aliphatic heterocycles. The fourth-order valence-corrected chi connectivity index (χ4v) is 2.18. The van der Waals surface area contributed by atoms with E-state index in [9.17, 15) is 9.59 Å². The van der Waals surface area contributed by atoms with E-state index in [-0.39, 0.29) is 0 Å². The molecule has 0 heterocycles. The zero-order valence-electron chi connectivity index (χ0n) is 13.3. The van der Waals surface area contributed by atoms with Crippen molar-refractivity contribution in [1.29, 1.82) is 0 Å². The van der Waals surface area contributed by atoms with E-state index >= 15 is 0 Å². The summed E-state index contributed by atoms with van der Waals surface area (Å²) in [5.41, 5.74) is 1.15. The highest BCUT2D eigenvalue weighted by atomic mass is 35.5. The molecule has 0 saturated heterocycles. The number of esters is 1. The molecule has 0 fully saturated rings. The molecule has 0 saturated carbocycles. The van der Waals surface area contributed by atoms with Gasteiger partial charge in [0.2, 0.25) is 0 Å². The lowest BCUT2D eigenvalue weighted by molar-refractivity contribution is -0.142. The number of nitrogens with one attached hydrogen (secondary N) is 1. The Balaban J connectivity index is 1.83. The number of halogens is 2. The summed E-state index contributed by atoms with van der Waals surface area (Å²) in [5.74, 6) is -0.436. The molecule has 1 amide bonds. The first-order chi connectivity index (χ1) is 12.0. The number of hydrogen-bond donors (Lipinski definition) is 1. The highest BCUT2D eigenvalue weighted by Crippen LogP contribution is 2.25. The van der Waals surface area contributed by atoms with Crippen molar-refractivity contribution in [3.63, 3.8) is 0 Å². The Kier molecular flexibility index (Phi) is 6.86. The lowest BCUT2D eigenvalue weighted by Crippen LogP contribution is -2.20. The molecule has 0 aliphatic rings. The van der Waals surface area contributed by atoms with E-state index < -0.39 is 18.5 Å². The molecule has 0 radical (unpaired) electrons. The van der Waals surface area contributed by atoms with Crippen LogP contribution in [-0.4, -0.2) is 25.6 Å². The molecule has 1 N–H and O–H groups in total. The smallest absolute Gasteiger partial charge is 0.331 e. The number of amides is 1. The highest BCUT2D eigenvalue weighted by molar-refractivity contribution is 6.35. The van der Waals surface area contributed by atoms with E-state index in [4.69, 9.17) is 32.7 Å². The van der Waals surface area contributed by atoms with E-state index in [1.807, 2.05) is 0 Å². The van der Waals surface area contributed by atoms with Crippen molar-refractivity contribution in [2.75, 3.05) is 19.0 Å². The van der Waals surface area contributed by atoms with Crippen molar-refractivity contribution >= 4 is 46.8 Å². The maximum atomic E-state index is 11.8. The predicted molar refractivity (Wildman–Crippen MR) is 98.1 cm³/mol. The fraction of sp³-hybridized carbons (Fsp3) is 0.111. The van der Waals surface area contributed by atoms with Gasteiger partial charge in [0.1, 0.15) is 5.75 Å². The lowest BCUT2D eigenvalue weighted by atomic mass is 10.2. The molecule has 25 heavy (non-hydrogen) atoms. The molecule has 0 unspecified atom stereocenters. The van der Waals surface area contributed by atoms with Gasteiger partial charge >= 0.3 is 5.97 Å². The second-order valence-electron chi connectivity index (χ2n) is 4.89. The number of benzene rings is 2. The average molecular weight is 380 g/mol. The van der Waals surface area contributed by atoms with Gasteiger partial charge in [-0.05, 0) is 42.0 Å². The zero-order valence-corrected chi connectivity index (χ0v) is 14.8. The number of carbonyl (C=O) groups excluding carboxylic acids is 2. The molecule has 0 aliphatic carbocycles. The number of hydrogen-bond acceptors (Lipinski definition) is 4. The molecule has 130 valence electrons. The van der Waals surface area contributed by atoms with Crippen molar-refractivity contribution in [3.05, 3.63) is 64.1 Å². The summed E-state index contributed by atoms with van der Waals surface area (Å²) in [6, 6.07) is 11.8. The molecule has 0 atom stereocenters. The Hall–Kier alpha value is -2.50. The number of methoxy groups -OCH3 is 1. The van der Waals surface area contributed by atoms with Crippen LogP contribution in [0.5, 0.6) is 5.75 Å². The Labute approximate surface area is 155 Å². The third-order valence-corrected chi connectivity index (χ3v) is 3.64. The average Bonchev–Trinajstić information content (AvgIpc) is 2.61. The van der Waals surface area contributed by atoms with Crippen molar-refractivity contribution in [2.45, 2.75) is 0 Å². The molecule has 0 bridgehead atoms. The highest BCUT2D eigenvalue weighted by Gasteiger charge is 2.08. The molecule has 2 aromatic carbocycles. The first-order valence-corrected chi connectivity index (χ1v) is 7.97. The summed E-state index contributed by atoms with van der Waals surface area (Å²) in [7, 11) is 1.57. The summed E-state index contributed by atoms with van der Waals surface area (Å²) in [6.07, 6.45) is 2.81. The number of anilines is 1. The minimum absolute atomic E-state index is 0.337. The van der Waals surface area contributed by atoms with Crippen LogP contribution in [-0.2, 0) is 14.3 Å². The minimum atomic E-state index is -0.636. The van der Waals surface area contributed by atoms with Gasteiger partial charge in [0.05, 0.1) is 17.8 Å².